The lowest BCUT2D eigenvalue weighted by molar-refractivity contribution is -0.178. The van der Waals surface area contributed by atoms with E-state index in [9.17, 15) is 4.79 Å². The molecule has 2 aliphatic rings. The molecule has 0 aromatic carbocycles. The van der Waals surface area contributed by atoms with Crippen molar-refractivity contribution in [2.75, 3.05) is 0 Å². The number of hydrogen-bond acceptors (Lipinski definition) is 2. The number of aliphatic carboxylic acids is 1. The molecular formula is C34H56O3. The number of ether oxygens (including phenoxy) is 1. The highest BCUT2D eigenvalue weighted by Crippen LogP contribution is 2.51. The van der Waals surface area contributed by atoms with Crippen molar-refractivity contribution < 1.29 is 14.6 Å². The number of carboxylic acids is 1. The fraction of sp³-hybridized carbons (Fsp3) is 0.735. The second kappa shape index (κ2) is 15.1. The minimum Gasteiger partial charge on any atom is -0.481 e. The van der Waals surface area contributed by atoms with Crippen molar-refractivity contribution in [3.05, 3.63) is 46.6 Å². The summed E-state index contributed by atoms with van der Waals surface area (Å²) >= 11 is 0. The van der Waals surface area contributed by atoms with Gasteiger partial charge >= 0.3 is 5.97 Å². The van der Waals surface area contributed by atoms with Gasteiger partial charge < -0.3 is 9.84 Å². The summed E-state index contributed by atoms with van der Waals surface area (Å²) in [4.78, 5) is 11.0. The average Bonchev–Trinajstić information content (AvgIpc) is 2.84. The third-order valence-electron chi connectivity index (χ3n) is 9.05. The van der Waals surface area contributed by atoms with Crippen LogP contribution in [0.25, 0.3) is 0 Å². The van der Waals surface area contributed by atoms with Crippen molar-refractivity contribution >= 4 is 5.97 Å². The van der Waals surface area contributed by atoms with Crippen LogP contribution in [0.1, 0.15) is 138 Å². The molecule has 0 saturated carbocycles. The molecule has 0 spiro atoms. The van der Waals surface area contributed by atoms with Crippen molar-refractivity contribution in [2.45, 2.75) is 150 Å². The number of carbonyl (C=O) groups is 1. The minimum absolute atomic E-state index is 0.0410. The summed E-state index contributed by atoms with van der Waals surface area (Å²) in [5.74, 6) is -0.503. The van der Waals surface area contributed by atoms with Crippen molar-refractivity contribution in [3.8, 4) is 0 Å². The first kappa shape index (κ1) is 31.6. The van der Waals surface area contributed by atoms with Crippen LogP contribution in [0.5, 0.6) is 0 Å². The fourth-order valence-electron chi connectivity index (χ4n) is 6.12. The van der Waals surface area contributed by atoms with Gasteiger partial charge in [-0.3, -0.25) is 4.79 Å². The third kappa shape index (κ3) is 9.57. The number of rotatable bonds is 16. The zero-order valence-electron chi connectivity index (χ0n) is 25.1. The molecule has 1 fully saturated rings. The second-order valence-corrected chi connectivity index (χ2v) is 12.4. The van der Waals surface area contributed by atoms with Gasteiger partial charge in [-0.15, -0.1) is 0 Å². The predicted octanol–water partition coefficient (Wildman–Crippen LogP) is 10.1. The molecule has 0 aromatic rings. The molecule has 0 bridgehead atoms. The smallest absolute Gasteiger partial charge is 0.306 e. The predicted molar refractivity (Wildman–Crippen MR) is 158 cm³/mol. The van der Waals surface area contributed by atoms with Gasteiger partial charge in [0.15, 0.2) is 0 Å². The lowest BCUT2D eigenvalue weighted by Crippen LogP contribution is -2.53. The highest BCUT2D eigenvalue weighted by atomic mass is 16.5. The first-order valence-electron chi connectivity index (χ1n) is 15.1. The molecule has 210 valence electrons. The van der Waals surface area contributed by atoms with Gasteiger partial charge in [-0.1, -0.05) is 87.5 Å². The molecular weight excluding hydrogens is 456 g/mol. The van der Waals surface area contributed by atoms with E-state index in [-0.39, 0.29) is 17.1 Å². The van der Waals surface area contributed by atoms with Crippen LogP contribution in [-0.4, -0.2) is 22.3 Å². The Balaban J connectivity index is 1.86. The Morgan fingerprint density at radius 2 is 1.78 bits per heavy atom. The van der Waals surface area contributed by atoms with Crippen LogP contribution in [0.4, 0.5) is 0 Å². The van der Waals surface area contributed by atoms with E-state index in [0.717, 1.165) is 44.9 Å². The highest BCUT2D eigenvalue weighted by Gasteiger charge is 2.50. The summed E-state index contributed by atoms with van der Waals surface area (Å²) in [6.45, 7) is 15.5. The molecule has 0 amide bonds. The monoisotopic (exact) mass is 512 g/mol. The molecule has 0 aromatic heterocycles. The van der Waals surface area contributed by atoms with Crippen molar-refractivity contribution in [1.29, 1.82) is 0 Å². The summed E-state index contributed by atoms with van der Waals surface area (Å²) in [5, 5.41) is 9.02. The lowest BCUT2D eigenvalue weighted by Gasteiger charge is -2.53. The summed E-state index contributed by atoms with van der Waals surface area (Å²) in [7, 11) is 0. The van der Waals surface area contributed by atoms with E-state index in [2.05, 4.69) is 65.8 Å². The number of unbranched alkanes of at least 4 members (excludes halogenated alkanes) is 3. The highest BCUT2D eigenvalue weighted by molar-refractivity contribution is 5.69. The number of hydrogen-bond donors (Lipinski definition) is 1. The molecule has 37 heavy (non-hydrogen) atoms. The van der Waals surface area contributed by atoms with Gasteiger partial charge in [0.05, 0.1) is 17.1 Å². The molecule has 1 aliphatic carbocycles. The molecule has 1 heterocycles. The Kier molecular flexibility index (Phi) is 12.9. The quantitative estimate of drug-likeness (QED) is 0.165. The zero-order valence-corrected chi connectivity index (χ0v) is 25.1. The van der Waals surface area contributed by atoms with Gasteiger partial charge in [0.2, 0.25) is 0 Å². The van der Waals surface area contributed by atoms with Crippen LogP contribution in [0.15, 0.2) is 46.6 Å². The van der Waals surface area contributed by atoms with Gasteiger partial charge in [-0.25, -0.2) is 0 Å². The fourth-order valence-corrected chi connectivity index (χ4v) is 6.12. The lowest BCUT2D eigenvalue weighted by atomic mass is 9.67. The van der Waals surface area contributed by atoms with Gasteiger partial charge in [-0.2, -0.15) is 0 Å². The maximum absolute atomic E-state index is 11.0. The maximum atomic E-state index is 11.0. The summed E-state index contributed by atoms with van der Waals surface area (Å²) in [6, 6.07) is 0. The Morgan fingerprint density at radius 1 is 1.08 bits per heavy atom. The maximum Gasteiger partial charge on any atom is 0.306 e. The van der Waals surface area contributed by atoms with Crippen molar-refractivity contribution in [2.24, 2.45) is 11.8 Å². The third-order valence-corrected chi connectivity index (χ3v) is 9.05. The molecule has 4 atom stereocenters. The van der Waals surface area contributed by atoms with Crippen LogP contribution < -0.4 is 0 Å². The molecule has 4 unspecified atom stereocenters. The molecule has 3 nitrogen and oxygen atoms in total. The van der Waals surface area contributed by atoms with E-state index in [4.69, 9.17) is 9.84 Å². The summed E-state index contributed by atoms with van der Waals surface area (Å²) in [5.41, 5.74) is 5.70. The number of carboxylic acid groups (broad SMARTS) is 1. The first-order chi connectivity index (χ1) is 17.5. The summed E-state index contributed by atoms with van der Waals surface area (Å²) < 4.78 is 7.22. The molecule has 1 saturated heterocycles. The Hall–Kier alpha value is -1.61. The molecule has 1 N–H and O–H groups in total. The van der Waals surface area contributed by atoms with E-state index in [1.54, 1.807) is 6.92 Å². The molecule has 0 radical (unpaired) electrons. The van der Waals surface area contributed by atoms with E-state index in [1.165, 1.54) is 60.8 Å². The topological polar surface area (TPSA) is 46.5 Å². The first-order valence-corrected chi connectivity index (χ1v) is 15.1. The van der Waals surface area contributed by atoms with Crippen LogP contribution in [-0.2, 0) is 9.53 Å². The Bertz CT molecular complexity index is 860. The Morgan fingerprint density at radius 3 is 2.49 bits per heavy atom. The van der Waals surface area contributed by atoms with E-state index in [0.29, 0.717) is 12.3 Å². The normalized spacial score (nSPS) is 27.4. The Labute approximate surface area is 228 Å². The van der Waals surface area contributed by atoms with Gasteiger partial charge in [0.1, 0.15) is 0 Å². The van der Waals surface area contributed by atoms with Crippen molar-refractivity contribution in [1.82, 2.24) is 0 Å². The van der Waals surface area contributed by atoms with E-state index in [1.807, 2.05) is 0 Å². The van der Waals surface area contributed by atoms with E-state index >= 15 is 0 Å². The summed E-state index contributed by atoms with van der Waals surface area (Å²) in [6.07, 6.45) is 25.1. The van der Waals surface area contributed by atoms with E-state index < -0.39 is 5.97 Å². The molecule has 1 aliphatic heterocycles. The van der Waals surface area contributed by atoms with Crippen LogP contribution in [0.2, 0.25) is 0 Å². The number of fused-ring (bicyclic) bond motifs is 1. The van der Waals surface area contributed by atoms with Crippen LogP contribution in [0.3, 0.4) is 0 Å². The SMILES string of the molecule is CCCCCCC12OC(C)(CCCC(C)=CCCC(C)=CCCC(C)C(=O)O)CCC1=CC=C(C)C2C. The zero-order chi connectivity index (χ0) is 27.5. The number of allylic oxidation sites excluding steroid dienone is 6. The second-order valence-electron chi connectivity index (χ2n) is 12.4. The molecule has 3 heteroatoms. The molecule has 2 rings (SSSR count). The standard InChI is InChI=1S/C34H56O3/c1-8-9-10-11-24-34-30(6)28(4)20-21-31(34)22-25-33(7,37-34)23-14-18-27(3)16-12-15-26(2)17-13-19-29(5)32(35)36/h16-17,20-21,29-30H,8-15,18-19,22-25H2,1-7H3,(H,35,36). The van der Waals surface area contributed by atoms with Gasteiger partial charge in [0.25, 0.3) is 0 Å². The van der Waals surface area contributed by atoms with Crippen LogP contribution in [0, 0.1) is 11.8 Å². The largest absolute Gasteiger partial charge is 0.481 e. The van der Waals surface area contributed by atoms with Gasteiger partial charge in [0, 0.05) is 5.92 Å². The minimum atomic E-state index is -0.698. The van der Waals surface area contributed by atoms with Gasteiger partial charge in [-0.05, 0) is 97.5 Å². The average molecular weight is 513 g/mol. The van der Waals surface area contributed by atoms with Crippen LogP contribution >= 0.6 is 0 Å². The van der Waals surface area contributed by atoms with Crippen molar-refractivity contribution in [3.63, 3.8) is 0 Å².